The van der Waals surface area contributed by atoms with Gasteiger partial charge in [-0.15, -0.1) is 0 Å². The Morgan fingerprint density at radius 3 is 2.54 bits per heavy atom. The van der Waals surface area contributed by atoms with Crippen LogP contribution in [0.2, 0.25) is 0 Å². The number of hydrogen-bond donors (Lipinski definition) is 3. The van der Waals surface area contributed by atoms with Crippen molar-refractivity contribution in [2.24, 2.45) is 5.73 Å². The maximum atomic E-state index is 15.0. The number of carbonyl (C=O) groups excluding carboxylic acids is 2. The fraction of sp³-hybridized carbons (Fsp3) is 0.400. The summed E-state index contributed by atoms with van der Waals surface area (Å²) in [5, 5.41) is 12.0. The molecule has 4 rings (SSSR count). The van der Waals surface area contributed by atoms with Crippen molar-refractivity contribution in [2.75, 3.05) is 18.4 Å². The molecule has 1 aliphatic heterocycles. The Morgan fingerprint density at radius 2 is 1.92 bits per heavy atom. The average molecular weight is 515 g/mol. The number of benzene rings is 1. The number of nitrogens with zero attached hydrogens (tertiary/aromatic N) is 4. The normalized spacial score (nSPS) is 17.5. The quantitative estimate of drug-likeness (QED) is 0.470. The molecule has 0 radical (unpaired) electrons. The topological polar surface area (TPSA) is 144 Å². The molecule has 1 atom stereocenters. The first-order valence-corrected chi connectivity index (χ1v) is 11.7. The van der Waals surface area contributed by atoms with Crippen LogP contribution in [0.3, 0.4) is 0 Å². The number of aliphatic hydroxyl groups excluding tert-OH is 1. The zero-order chi connectivity index (χ0) is 27.0. The second-order valence-electron chi connectivity index (χ2n) is 9.83. The molecule has 2 aromatic heterocycles. The summed E-state index contributed by atoms with van der Waals surface area (Å²) in [6.45, 7) is 4.45. The number of primary amides is 1. The van der Waals surface area contributed by atoms with Gasteiger partial charge in [0.1, 0.15) is 29.0 Å². The van der Waals surface area contributed by atoms with E-state index in [9.17, 15) is 23.5 Å². The Kier molecular flexibility index (Phi) is 6.96. The van der Waals surface area contributed by atoms with Gasteiger partial charge in [-0.25, -0.2) is 28.5 Å². The molecular weight excluding hydrogens is 486 g/mol. The van der Waals surface area contributed by atoms with E-state index in [1.54, 1.807) is 45.0 Å². The molecular formula is C25H28F2N6O4. The number of hydrogen-bond acceptors (Lipinski definition) is 8. The number of carbonyl (C=O) groups is 2. The lowest BCUT2D eigenvalue weighted by Gasteiger charge is -2.39. The first-order chi connectivity index (χ1) is 17.4. The molecule has 3 heterocycles. The summed E-state index contributed by atoms with van der Waals surface area (Å²) in [5.41, 5.74) is 6.67. The fourth-order valence-corrected chi connectivity index (χ4v) is 3.97. The number of amides is 2. The van der Waals surface area contributed by atoms with Crippen molar-refractivity contribution in [1.82, 2.24) is 19.9 Å². The maximum Gasteiger partial charge on any atom is 0.410 e. The molecule has 10 nitrogen and oxygen atoms in total. The Morgan fingerprint density at radius 1 is 1.22 bits per heavy atom. The molecule has 0 unspecified atom stereocenters. The van der Waals surface area contributed by atoms with Gasteiger partial charge in [0.15, 0.2) is 5.82 Å². The Labute approximate surface area is 211 Å². The van der Waals surface area contributed by atoms with Gasteiger partial charge in [-0.05, 0) is 32.4 Å². The minimum atomic E-state index is -3.17. The van der Waals surface area contributed by atoms with Crippen LogP contribution in [-0.2, 0) is 11.3 Å². The number of rotatable bonds is 5. The molecule has 1 saturated heterocycles. The van der Waals surface area contributed by atoms with Crippen LogP contribution in [0.25, 0.3) is 22.3 Å². The van der Waals surface area contributed by atoms with E-state index in [1.807, 2.05) is 0 Å². The largest absolute Gasteiger partial charge is 0.444 e. The van der Waals surface area contributed by atoms with Crippen molar-refractivity contribution in [3.63, 3.8) is 0 Å². The number of aliphatic hydroxyl groups is 1. The number of pyridine rings is 1. The van der Waals surface area contributed by atoms with Gasteiger partial charge in [0.2, 0.25) is 0 Å². The zero-order valence-corrected chi connectivity index (χ0v) is 20.7. The molecule has 2 amide bonds. The number of fused-ring (bicyclic) bond motifs is 1. The Bertz CT molecular complexity index is 1330. The zero-order valence-electron chi connectivity index (χ0n) is 20.7. The van der Waals surface area contributed by atoms with Crippen LogP contribution in [0, 0.1) is 0 Å². The van der Waals surface area contributed by atoms with E-state index in [2.05, 4.69) is 20.3 Å². The predicted octanol–water partition coefficient (Wildman–Crippen LogP) is 3.34. The summed E-state index contributed by atoms with van der Waals surface area (Å²) in [7, 11) is 0. The fourth-order valence-electron chi connectivity index (χ4n) is 3.97. The van der Waals surface area contributed by atoms with Gasteiger partial charge < -0.3 is 25.8 Å². The summed E-state index contributed by atoms with van der Waals surface area (Å²) in [6, 6.07) is 6.76. The first kappa shape index (κ1) is 26.1. The number of piperidine rings is 1. The highest BCUT2D eigenvalue weighted by Crippen LogP contribution is 2.33. The number of ether oxygens (including phenoxy) is 1. The summed E-state index contributed by atoms with van der Waals surface area (Å²) in [6.07, 6.45) is -0.138. The summed E-state index contributed by atoms with van der Waals surface area (Å²) < 4.78 is 35.3. The van der Waals surface area contributed by atoms with E-state index in [0.717, 1.165) is 6.33 Å². The summed E-state index contributed by atoms with van der Waals surface area (Å²) >= 11 is 0. The van der Waals surface area contributed by atoms with E-state index in [4.69, 9.17) is 10.5 Å². The number of anilines is 1. The molecule has 3 aromatic rings. The lowest BCUT2D eigenvalue weighted by molar-refractivity contribution is -0.0683. The molecule has 37 heavy (non-hydrogen) atoms. The third-order valence-electron chi connectivity index (χ3n) is 5.88. The number of halogens is 2. The van der Waals surface area contributed by atoms with Crippen molar-refractivity contribution < 1.29 is 28.2 Å². The minimum absolute atomic E-state index is 0.0305. The Hall–Kier alpha value is -3.93. The lowest BCUT2D eigenvalue weighted by Crippen LogP contribution is -2.56. The molecule has 1 aliphatic rings. The Balaban J connectivity index is 1.73. The second-order valence-corrected chi connectivity index (χ2v) is 9.83. The number of nitrogens with one attached hydrogen (secondary N) is 1. The molecule has 0 saturated carbocycles. The van der Waals surface area contributed by atoms with Gasteiger partial charge in [-0.2, -0.15) is 0 Å². The highest BCUT2D eigenvalue weighted by atomic mass is 19.3. The van der Waals surface area contributed by atoms with Crippen molar-refractivity contribution in [3.8, 4) is 11.3 Å². The van der Waals surface area contributed by atoms with Gasteiger partial charge in [0.05, 0.1) is 24.4 Å². The predicted molar refractivity (Wildman–Crippen MR) is 132 cm³/mol. The highest BCUT2D eigenvalue weighted by Gasteiger charge is 2.46. The van der Waals surface area contributed by atoms with Crippen LogP contribution in [-0.4, -0.2) is 67.6 Å². The van der Waals surface area contributed by atoms with Crippen molar-refractivity contribution in [2.45, 2.75) is 51.4 Å². The van der Waals surface area contributed by atoms with Crippen LogP contribution in [0.1, 0.15) is 43.1 Å². The summed E-state index contributed by atoms with van der Waals surface area (Å²) in [4.78, 5) is 38.8. The van der Waals surface area contributed by atoms with Crippen LogP contribution in [0.4, 0.5) is 19.4 Å². The summed E-state index contributed by atoms with van der Waals surface area (Å²) in [5.74, 6) is -3.97. The third-order valence-corrected chi connectivity index (χ3v) is 5.88. The van der Waals surface area contributed by atoms with Crippen LogP contribution >= 0.6 is 0 Å². The van der Waals surface area contributed by atoms with Crippen molar-refractivity contribution in [3.05, 3.63) is 47.8 Å². The molecule has 12 heteroatoms. The third kappa shape index (κ3) is 5.74. The molecule has 0 bridgehead atoms. The molecule has 0 aliphatic carbocycles. The van der Waals surface area contributed by atoms with E-state index >= 15 is 0 Å². The van der Waals surface area contributed by atoms with Gasteiger partial charge in [0, 0.05) is 18.5 Å². The van der Waals surface area contributed by atoms with Crippen molar-refractivity contribution >= 4 is 28.9 Å². The van der Waals surface area contributed by atoms with Crippen LogP contribution in [0.5, 0.6) is 0 Å². The van der Waals surface area contributed by atoms with Crippen molar-refractivity contribution in [1.29, 1.82) is 0 Å². The lowest BCUT2D eigenvalue weighted by atomic mass is 10.0. The number of aromatic nitrogens is 3. The molecule has 4 N–H and O–H groups in total. The van der Waals surface area contributed by atoms with Gasteiger partial charge in [-0.3, -0.25) is 4.79 Å². The standard InChI is InChI=1S/C25H28F2N6O4/c1-24(2,3)37-23(36)33-9-8-25(26,27)18(11-33)32-22-20-19(29-13-30-22)16(21(28)35)10-17(31-20)15-6-4-14(12-34)5-7-15/h4-7,10,13,18,34H,8-9,11-12H2,1-3H3,(H2,28,35)(H,29,30,32)/t18-/m1/s1. The second kappa shape index (κ2) is 9.85. The number of likely N-dealkylation sites (tertiary alicyclic amines) is 1. The van der Waals surface area contributed by atoms with Gasteiger partial charge >= 0.3 is 6.09 Å². The minimum Gasteiger partial charge on any atom is -0.444 e. The molecule has 0 spiro atoms. The smallest absolute Gasteiger partial charge is 0.410 e. The first-order valence-electron chi connectivity index (χ1n) is 11.7. The molecule has 1 fully saturated rings. The van der Waals surface area contributed by atoms with E-state index < -0.39 is 36.0 Å². The molecule has 196 valence electrons. The van der Waals surface area contributed by atoms with Gasteiger partial charge in [-0.1, -0.05) is 24.3 Å². The maximum absolute atomic E-state index is 15.0. The van der Waals surface area contributed by atoms with Crippen LogP contribution in [0.15, 0.2) is 36.7 Å². The number of nitrogens with two attached hydrogens (primary N) is 1. The van der Waals surface area contributed by atoms with E-state index in [0.29, 0.717) is 16.8 Å². The monoisotopic (exact) mass is 514 g/mol. The SMILES string of the molecule is CC(C)(C)OC(=O)N1CCC(F)(F)[C@H](Nc2ncnc3c(C(N)=O)cc(-c4ccc(CO)cc4)nc23)C1. The highest BCUT2D eigenvalue weighted by molar-refractivity contribution is 6.06. The van der Waals surface area contributed by atoms with E-state index in [1.165, 1.54) is 11.0 Å². The van der Waals surface area contributed by atoms with E-state index in [-0.39, 0.29) is 42.1 Å². The average Bonchev–Trinajstić information content (AvgIpc) is 2.83. The van der Waals surface area contributed by atoms with Gasteiger partial charge in [0.25, 0.3) is 11.8 Å². The number of alkyl halides is 2. The molecule has 1 aromatic carbocycles. The van der Waals surface area contributed by atoms with Crippen LogP contribution < -0.4 is 11.1 Å².